The van der Waals surface area contributed by atoms with E-state index in [-0.39, 0.29) is 17.8 Å². The number of hydrogen-bond acceptors (Lipinski definition) is 3. The zero-order chi connectivity index (χ0) is 14.5. The number of nitrogens with zero attached hydrogens (tertiary/aromatic N) is 1. The molecule has 0 saturated heterocycles. The first-order chi connectivity index (χ1) is 9.54. The van der Waals surface area contributed by atoms with Gasteiger partial charge in [0.15, 0.2) is 11.7 Å². The maximum atomic E-state index is 12.8. The summed E-state index contributed by atoms with van der Waals surface area (Å²) in [5.41, 5.74) is 0.761. The summed E-state index contributed by atoms with van der Waals surface area (Å²) in [7, 11) is 0. The second-order valence-corrected chi connectivity index (χ2v) is 4.85. The maximum absolute atomic E-state index is 12.8. The molecule has 4 nitrogen and oxygen atoms in total. The van der Waals surface area contributed by atoms with Gasteiger partial charge in [-0.25, -0.2) is 9.37 Å². The van der Waals surface area contributed by atoms with Crippen molar-refractivity contribution < 1.29 is 13.6 Å². The van der Waals surface area contributed by atoms with Crippen LogP contribution >= 0.6 is 0 Å². The summed E-state index contributed by atoms with van der Waals surface area (Å²) in [6.45, 7) is 3.82. The summed E-state index contributed by atoms with van der Waals surface area (Å²) >= 11 is 0. The molecule has 0 unspecified atom stereocenters. The molecule has 1 aromatic carbocycles. The normalized spacial score (nSPS) is 10.8. The van der Waals surface area contributed by atoms with Gasteiger partial charge in [0.25, 0.3) is 0 Å². The highest BCUT2D eigenvalue weighted by atomic mass is 19.1. The van der Waals surface area contributed by atoms with Gasteiger partial charge in [-0.15, -0.1) is 0 Å². The lowest BCUT2D eigenvalue weighted by molar-refractivity contribution is -0.121. The molecule has 20 heavy (non-hydrogen) atoms. The van der Waals surface area contributed by atoms with Crippen LogP contribution in [0.25, 0.3) is 11.3 Å². The molecule has 2 aromatic rings. The third-order valence-corrected chi connectivity index (χ3v) is 2.70. The van der Waals surface area contributed by atoms with E-state index in [0.717, 1.165) is 5.56 Å². The zero-order valence-corrected chi connectivity index (χ0v) is 11.5. The number of nitrogens with one attached hydrogen (secondary N) is 1. The Hall–Kier alpha value is -2.17. The molecule has 0 aliphatic carbocycles. The van der Waals surface area contributed by atoms with Gasteiger partial charge in [-0.3, -0.25) is 4.79 Å². The maximum Gasteiger partial charge on any atom is 0.220 e. The molecule has 0 saturated carbocycles. The monoisotopic (exact) mass is 276 g/mol. The van der Waals surface area contributed by atoms with Crippen LogP contribution in [0.1, 0.15) is 26.2 Å². The predicted molar refractivity (Wildman–Crippen MR) is 73.5 cm³/mol. The third-order valence-electron chi connectivity index (χ3n) is 2.70. The fourth-order valence-corrected chi connectivity index (χ4v) is 1.79. The Bertz CT molecular complexity index is 576. The van der Waals surface area contributed by atoms with E-state index in [9.17, 15) is 9.18 Å². The number of benzene rings is 1. The van der Waals surface area contributed by atoms with Crippen molar-refractivity contribution in [2.75, 3.05) is 0 Å². The highest BCUT2D eigenvalue weighted by molar-refractivity contribution is 5.76. The van der Waals surface area contributed by atoms with E-state index in [0.29, 0.717) is 24.5 Å². The third kappa shape index (κ3) is 3.91. The minimum absolute atomic E-state index is 0.0264. The van der Waals surface area contributed by atoms with E-state index in [2.05, 4.69) is 10.3 Å². The first kappa shape index (κ1) is 14.2. The molecule has 0 fully saturated rings. The Balaban J connectivity index is 1.95. The molecular formula is C15H17FN2O2. The molecular weight excluding hydrogens is 259 g/mol. The predicted octanol–water partition coefficient (Wildman–Crippen LogP) is 2.94. The Kier molecular flexibility index (Phi) is 4.50. The van der Waals surface area contributed by atoms with Crippen LogP contribution in [0.3, 0.4) is 0 Å². The van der Waals surface area contributed by atoms with Gasteiger partial charge < -0.3 is 9.73 Å². The summed E-state index contributed by atoms with van der Waals surface area (Å²) in [6, 6.07) is 6.12. The standard InChI is InChI=1S/C15H17FN2O2/c1-10(2)18-14(19)7-8-15-17-9-13(20-15)11-3-5-12(16)6-4-11/h3-6,9-10H,7-8H2,1-2H3,(H,18,19). The molecule has 0 atom stereocenters. The Morgan fingerprint density at radius 3 is 2.70 bits per heavy atom. The zero-order valence-electron chi connectivity index (χ0n) is 11.5. The molecule has 2 rings (SSSR count). The molecule has 0 aliphatic rings. The molecule has 0 radical (unpaired) electrons. The fraction of sp³-hybridized carbons (Fsp3) is 0.333. The lowest BCUT2D eigenvalue weighted by Gasteiger charge is -2.06. The molecule has 0 aliphatic heterocycles. The van der Waals surface area contributed by atoms with Crippen LogP contribution in [0.5, 0.6) is 0 Å². The smallest absolute Gasteiger partial charge is 0.220 e. The van der Waals surface area contributed by atoms with Gasteiger partial charge in [-0.05, 0) is 38.1 Å². The summed E-state index contributed by atoms with van der Waals surface area (Å²) in [5.74, 6) is 0.757. The SMILES string of the molecule is CC(C)NC(=O)CCc1ncc(-c2ccc(F)cc2)o1. The Morgan fingerprint density at radius 2 is 2.05 bits per heavy atom. The highest BCUT2D eigenvalue weighted by Gasteiger charge is 2.09. The lowest BCUT2D eigenvalue weighted by Crippen LogP contribution is -2.30. The van der Waals surface area contributed by atoms with Crippen LogP contribution in [0.2, 0.25) is 0 Å². The average Bonchev–Trinajstić information content (AvgIpc) is 2.85. The van der Waals surface area contributed by atoms with E-state index in [4.69, 9.17) is 4.42 Å². The van der Waals surface area contributed by atoms with E-state index >= 15 is 0 Å². The summed E-state index contributed by atoms with van der Waals surface area (Å²) in [5, 5.41) is 2.81. The minimum atomic E-state index is -0.293. The number of carbonyl (C=O) groups excluding carboxylic acids is 1. The van der Waals surface area contributed by atoms with Crippen LogP contribution in [0, 0.1) is 5.82 Å². The first-order valence-corrected chi connectivity index (χ1v) is 6.54. The van der Waals surface area contributed by atoms with Crippen molar-refractivity contribution in [2.24, 2.45) is 0 Å². The lowest BCUT2D eigenvalue weighted by atomic mass is 10.2. The Labute approximate surface area is 117 Å². The van der Waals surface area contributed by atoms with Crippen molar-refractivity contribution >= 4 is 5.91 Å². The molecule has 1 amide bonds. The number of aromatic nitrogens is 1. The minimum Gasteiger partial charge on any atom is -0.441 e. The average molecular weight is 276 g/mol. The van der Waals surface area contributed by atoms with Gasteiger partial charge in [0, 0.05) is 24.4 Å². The highest BCUT2D eigenvalue weighted by Crippen LogP contribution is 2.21. The number of amides is 1. The van der Waals surface area contributed by atoms with Crippen molar-refractivity contribution in [2.45, 2.75) is 32.7 Å². The molecule has 0 spiro atoms. The van der Waals surface area contributed by atoms with Crippen LogP contribution < -0.4 is 5.32 Å². The number of oxazole rings is 1. The van der Waals surface area contributed by atoms with E-state index < -0.39 is 0 Å². The Morgan fingerprint density at radius 1 is 1.35 bits per heavy atom. The second kappa shape index (κ2) is 6.32. The van der Waals surface area contributed by atoms with E-state index in [1.54, 1.807) is 18.3 Å². The van der Waals surface area contributed by atoms with Crippen molar-refractivity contribution in [3.63, 3.8) is 0 Å². The number of carbonyl (C=O) groups is 1. The van der Waals surface area contributed by atoms with Crippen LogP contribution in [0.4, 0.5) is 4.39 Å². The quantitative estimate of drug-likeness (QED) is 0.913. The topological polar surface area (TPSA) is 55.1 Å². The number of aryl methyl sites for hydroxylation is 1. The van der Waals surface area contributed by atoms with Crippen LogP contribution in [-0.4, -0.2) is 16.9 Å². The molecule has 1 aromatic heterocycles. The van der Waals surface area contributed by atoms with Crippen molar-refractivity contribution in [3.05, 3.63) is 42.2 Å². The van der Waals surface area contributed by atoms with Crippen molar-refractivity contribution in [3.8, 4) is 11.3 Å². The van der Waals surface area contributed by atoms with E-state index in [1.807, 2.05) is 13.8 Å². The van der Waals surface area contributed by atoms with Crippen molar-refractivity contribution in [1.82, 2.24) is 10.3 Å². The summed E-state index contributed by atoms with van der Waals surface area (Å²) in [4.78, 5) is 15.6. The van der Waals surface area contributed by atoms with Gasteiger partial charge >= 0.3 is 0 Å². The van der Waals surface area contributed by atoms with Gasteiger partial charge in [-0.2, -0.15) is 0 Å². The number of hydrogen-bond donors (Lipinski definition) is 1. The van der Waals surface area contributed by atoms with Crippen LogP contribution in [0.15, 0.2) is 34.9 Å². The largest absolute Gasteiger partial charge is 0.441 e. The van der Waals surface area contributed by atoms with Crippen molar-refractivity contribution in [1.29, 1.82) is 0 Å². The molecule has 1 heterocycles. The summed E-state index contributed by atoms with van der Waals surface area (Å²) < 4.78 is 18.4. The van der Waals surface area contributed by atoms with Gasteiger partial charge in [-0.1, -0.05) is 0 Å². The molecule has 106 valence electrons. The van der Waals surface area contributed by atoms with Gasteiger partial charge in [0.2, 0.25) is 5.91 Å². The van der Waals surface area contributed by atoms with E-state index in [1.165, 1.54) is 12.1 Å². The molecule has 1 N–H and O–H groups in total. The summed E-state index contributed by atoms with van der Waals surface area (Å²) in [6.07, 6.45) is 2.37. The second-order valence-electron chi connectivity index (χ2n) is 4.85. The fourth-order valence-electron chi connectivity index (χ4n) is 1.79. The first-order valence-electron chi connectivity index (χ1n) is 6.54. The van der Waals surface area contributed by atoms with Gasteiger partial charge in [0.05, 0.1) is 6.20 Å². The molecule has 0 bridgehead atoms. The van der Waals surface area contributed by atoms with Gasteiger partial charge in [0.1, 0.15) is 5.82 Å². The molecule has 5 heteroatoms. The van der Waals surface area contributed by atoms with Crippen LogP contribution in [-0.2, 0) is 11.2 Å². The number of rotatable bonds is 5. The number of halogens is 1.